The fourth-order valence-corrected chi connectivity index (χ4v) is 4.28. The first kappa shape index (κ1) is 22.6. The van der Waals surface area contributed by atoms with Crippen LogP contribution in [0.2, 0.25) is 0 Å². The van der Waals surface area contributed by atoms with E-state index in [2.05, 4.69) is 26.2 Å². The second kappa shape index (κ2) is 9.92. The normalized spacial score (nSPS) is 11.8. The second-order valence-corrected chi connectivity index (χ2v) is 8.66. The fraction of sp³-hybridized carbons (Fsp3) is 0.154. The van der Waals surface area contributed by atoms with Crippen LogP contribution in [0.25, 0.3) is 22.2 Å². The molecular formula is C26H22BrN3O3. The first-order valence-electron chi connectivity index (χ1n) is 10.5. The lowest BCUT2D eigenvalue weighted by atomic mass is 9.96. The quantitative estimate of drug-likeness (QED) is 0.354. The predicted molar refractivity (Wildman–Crippen MR) is 131 cm³/mol. The van der Waals surface area contributed by atoms with Crippen molar-refractivity contribution < 1.29 is 14.7 Å². The van der Waals surface area contributed by atoms with Crippen molar-refractivity contribution in [1.29, 1.82) is 0 Å². The highest BCUT2D eigenvalue weighted by Gasteiger charge is 2.22. The van der Waals surface area contributed by atoms with E-state index in [-0.39, 0.29) is 18.9 Å². The minimum absolute atomic E-state index is 0.131. The highest BCUT2D eigenvalue weighted by molar-refractivity contribution is 9.10. The molecule has 0 saturated carbocycles. The first-order valence-corrected chi connectivity index (χ1v) is 11.3. The summed E-state index contributed by atoms with van der Waals surface area (Å²) in [6.45, 7) is 2.04. The molecule has 2 aromatic carbocycles. The van der Waals surface area contributed by atoms with E-state index in [9.17, 15) is 14.7 Å². The number of halogens is 1. The Kier molecular flexibility index (Phi) is 6.79. The number of pyridine rings is 2. The van der Waals surface area contributed by atoms with E-state index in [1.165, 1.54) is 0 Å². The number of nitrogens with zero attached hydrogens (tertiary/aromatic N) is 2. The standard InChI is InChI=1S/C26H22BrN3O3/c1-16-24(26(33)29-15-18(13-23(31)32)21-9-5-6-12-28-21)20-14-19(27)10-11-22(20)30-25(16)17-7-3-2-4-8-17/h2-12,14,18H,13,15H2,1H3,(H,29,33)(H,31,32). The zero-order chi connectivity index (χ0) is 23.4. The largest absolute Gasteiger partial charge is 0.481 e. The molecule has 166 valence electrons. The molecule has 0 bridgehead atoms. The maximum atomic E-state index is 13.5. The number of hydrogen-bond donors (Lipinski definition) is 2. The number of hydrogen-bond acceptors (Lipinski definition) is 4. The van der Waals surface area contributed by atoms with Crippen LogP contribution in [0.4, 0.5) is 0 Å². The number of carboxylic acid groups (broad SMARTS) is 1. The van der Waals surface area contributed by atoms with Gasteiger partial charge in [-0.25, -0.2) is 4.98 Å². The van der Waals surface area contributed by atoms with Gasteiger partial charge in [0.15, 0.2) is 0 Å². The maximum Gasteiger partial charge on any atom is 0.304 e. The summed E-state index contributed by atoms with van der Waals surface area (Å²) >= 11 is 3.49. The van der Waals surface area contributed by atoms with Crippen molar-refractivity contribution in [2.75, 3.05) is 6.54 Å². The van der Waals surface area contributed by atoms with Gasteiger partial charge in [-0.3, -0.25) is 14.6 Å². The third kappa shape index (κ3) is 5.09. The van der Waals surface area contributed by atoms with Gasteiger partial charge in [-0.2, -0.15) is 0 Å². The predicted octanol–water partition coefficient (Wildman–Crippen LogP) is 5.36. The third-order valence-electron chi connectivity index (χ3n) is 5.50. The summed E-state index contributed by atoms with van der Waals surface area (Å²) in [7, 11) is 0. The van der Waals surface area contributed by atoms with Gasteiger partial charge in [-0.05, 0) is 42.8 Å². The van der Waals surface area contributed by atoms with Crippen LogP contribution in [0.1, 0.15) is 34.0 Å². The van der Waals surface area contributed by atoms with Gasteiger partial charge in [0.1, 0.15) is 0 Å². The number of carbonyl (C=O) groups excluding carboxylic acids is 1. The number of benzene rings is 2. The summed E-state index contributed by atoms with van der Waals surface area (Å²) in [5.74, 6) is -1.66. The highest BCUT2D eigenvalue weighted by Crippen LogP contribution is 2.31. The minimum atomic E-state index is -0.944. The molecule has 33 heavy (non-hydrogen) atoms. The van der Waals surface area contributed by atoms with Crippen molar-refractivity contribution in [3.8, 4) is 11.3 Å². The monoisotopic (exact) mass is 503 g/mol. The topological polar surface area (TPSA) is 92.2 Å². The van der Waals surface area contributed by atoms with Crippen molar-refractivity contribution in [2.24, 2.45) is 0 Å². The number of carboxylic acids is 1. The van der Waals surface area contributed by atoms with Crippen LogP contribution < -0.4 is 5.32 Å². The molecule has 1 unspecified atom stereocenters. The Morgan fingerprint density at radius 2 is 1.82 bits per heavy atom. The summed E-state index contributed by atoms with van der Waals surface area (Å²) < 4.78 is 0.843. The number of fused-ring (bicyclic) bond motifs is 1. The average Bonchev–Trinajstić information content (AvgIpc) is 2.82. The van der Waals surface area contributed by atoms with Gasteiger partial charge in [-0.15, -0.1) is 0 Å². The Morgan fingerprint density at radius 3 is 2.52 bits per heavy atom. The van der Waals surface area contributed by atoms with Crippen LogP contribution in [-0.4, -0.2) is 33.5 Å². The zero-order valence-corrected chi connectivity index (χ0v) is 19.5. The third-order valence-corrected chi connectivity index (χ3v) is 5.99. The molecule has 2 heterocycles. The van der Waals surface area contributed by atoms with Gasteiger partial charge >= 0.3 is 5.97 Å². The van der Waals surface area contributed by atoms with Crippen LogP contribution in [0.3, 0.4) is 0 Å². The first-order chi connectivity index (χ1) is 15.9. The van der Waals surface area contributed by atoms with E-state index in [0.717, 1.165) is 26.7 Å². The van der Waals surface area contributed by atoms with E-state index in [0.29, 0.717) is 16.8 Å². The molecule has 2 N–H and O–H groups in total. The highest BCUT2D eigenvalue weighted by atomic mass is 79.9. The summed E-state index contributed by atoms with van der Waals surface area (Å²) in [5.41, 5.74) is 4.28. The molecule has 0 saturated heterocycles. The zero-order valence-electron chi connectivity index (χ0n) is 18.0. The van der Waals surface area contributed by atoms with Crippen molar-refractivity contribution >= 4 is 38.7 Å². The molecule has 1 atom stereocenters. The van der Waals surface area contributed by atoms with E-state index in [4.69, 9.17) is 4.98 Å². The Hall–Kier alpha value is -3.58. The van der Waals surface area contributed by atoms with E-state index < -0.39 is 11.9 Å². The Morgan fingerprint density at radius 1 is 1.06 bits per heavy atom. The van der Waals surface area contributed by atoms with Crippen LogP contribution in [0, 0.1) is 6.92 Å². The molecule has 7 heteroatoms. The number of amides is 1. The molecule has 4 rings (SSSR count). The van der Waals surface area contributed by atoms with Crippen molar-refractivity contribution in [3.63, 3.8) is 0 Å². The van der Waals surface area contributed by atoms with Gasteiger partial charge in [0, 0.05) is 39.8 Å². The smallest absolute Gasteiger partial charge is 0.304 e. The average molecular weight is 504 g/mol. The Labute approximate surface area is 199 Å². The van der Waals surface area contributed by atoms with Crippen LogP contribution in [0.5, 0.6) is 0 Å². The number of aliphatic carboxylic acids is 1. The van der Waals surface area contributed by atoms with E-state index in [1.807, 2.05) is 61.5 Å². The minimum Gasteiger partial charge on any atom is -0.481 e. The summed E-state index contributed by atoms with van der Waals surface area (Å²) in [4.78, 5) is 34.0. The fourth-order valence-electron chi connectivity index (χ4n) is 3.91. The van der Waals surface area contributed by atoms with Gasteiger partial charge in [0.2, 0.25) is 0 Å². The van der Waals surface area contributed by atoms with Crippen LogP contribution >= 0.6 is 15.9 Å². The Balaban J connectivity index is 1.73. The van der Waals surface area contributed by atoms with Gasteiger partial charge < -0.3 is 10.4 Å². The lowest BCUT2D eigenvalue weighted by Crippen LogP contribution is -2.30. The molecule has 0 aliphatic heterocycles. The number of nitrogens with one attached hydrogen (secondary N) is 1. The van der Waals surface area contributed by atoms with Crippen LogP contribution in [0.15, 0.2) is 77.4 Å². The molecular weight excluding hydrogens is 482 g/mol. The molecule has 4 aromatic rings. The molecule has 0 spiro atoms. The van der Waals surface area contributed by atoms with Gasteiger partial charge in [-0.1, -0.05) is 52.3 Å². The Bertz CT molecular complexity index is 1310. The number of aromatic nitrogens is 2. The van der Waals surface area contributed by atoms with E-state index in [1.54, 1.807) is 18.3 Å². The SMILES string of the molecule is Cc1c(-c2ccccc2)nc2ccc(Br)cc2c1C(=O)NCC(CC(=O)O)c1ccccn1. The van der Waals surface area contributed by atoms with Crippen molar-refractivity contribution in [1.82, 2.24) is 15.3 Å². The van der Waals surface area contributed by atoms with Gasteiger partial charge in [0.05, 0.1) is 23.2 Å². The molecule has 0 aliphatic carbocycles. The molecule has 0 aliphatic rings. The number of carbonyl (C=O) groups is 2. The van der Waals surface area contributed by atoms with Gasteiger partial charge in [0.25, 0.3) is 5.91 Å². The second-order valence-electron chi connectivity index (χ2n) is 7.75. The van der Waals surface area contributed by atoms with Crippen molar-refractivity contribution in [3.05, 3.63) is 94.2 Å². The van der Waals surface area contributed by atoms with Crippen molar-refractivity contribution in [2.45, 2.75) is 19.3 Å². The molecule has 0 fully saturated rings. The van der Waals surface area contributed by atoms with E-state index >= 15 is 0 Å². The molecule has 2 aromatic heterocycles. The summed E-state index contributed by atoms with van der Waals surface area (Å²) in [5, 5.41) is 13.0. The molecule has 6 nitrogen and oxygen atoms in total. The molecule has 0 radical (unpaired) electrons. The lowest BCUT2D eigenvalue weighted by molar-refractivity contribution is -0.137. The molecule has 1 amide bonds. The van der Waals surface area contributed by atoms with Crippen LogP contribution in [-0.2, 0) is 4.79 Å². The summed E-state index contributed by atoms with van der Waals surface area (Å²) in [6.07, 6.45) is 1.49. The maximum absolute atomic E-state index is 13.5. The summed E-state index contributed by atoms with van der Waals surface area (Å²) in [6, 6.07) is 20.7. The lowest BCUT2D eigenvalue weighted by Gasteiger charge is -2.18. The number of rotatable bonds is 7.